The highest BCUT2D eigenvalue weighted by atomic mass is 14.8. The van der Waals surface area contributed by atoms with Crippen LogP contribution in [-0.2, 0) is 0 Å². The van der Waals surface area contributed by atoms with Crippen LogP contribution in [0.2, 0.25) is 0 Å². The van der Waals surface area contributed by atoms with Gasteiger partial charge in [0.25, 0.3) is 0 Å². The summed E-state index contributed by atoms with van der Waals surface area (Å²) in [4.78, 5) is 4.69. The van der Waals surface area contributed by atoms with E-state index in [2.05, 4.69) is 6.92 Å². The molecule has 1 aromatic carbocycles. The Kier molecular flexibility index (Phi) is 3.60. The summed E-state index contributed by atoms with van der Waals surface area (Å²) in [5.74, 6) is 0.718. The van der Waals surface area contributed by atoms with E-state index < -0.39 is 0 Å². The van der Waals surface area contributed by atoms with Crippen molar-refractivity contribution in [3.05, 3.63) is 29.8 Å². The fourth-order valence-electron chi connectivity index (χ4n) is 2.32. The normalized spacial score (nSPS) is 26.1. The molecular formula is C14H20N2. The predicted octanol–water partition coefficient (Wildman–Crippen LogP) is 3.27. The van der Waals surface area contributed by atoms with Gasteiger partial charge in [0.15, 0.2) is 0 Å². The van der Waals surface area contributed by atoms with E-state index in [1.807, 2.05) is 30.5 Å². The maximum Gasteiger partial charge on any atom is 0.0525 e. The van der Waals surface area contributed by atoms with E-state index in [9.17, 15) is 0 Å². The molecule has 1 aliphatic carbocycles. The van der Waals surface area contributed by atoms with E-state index >= 15 is 0 Å². The molecule has 1 fully saturated rings. The lowest BCUT2D eigenvalue weighted by Crippen LogP contribution is -2.20. The molecule has 2 atom stereocenters. The summed E-state index contributed by atoms with van der Waals surface area (Å²) < 4.78 is 0. The van der Waals surface area contributed by atoms with Crippen LogP contribution in [0.25, 0.3) is 0 Å². The third kappa shape index (κ3) is 2.63. The summed E-state index contributed by atoms with van der Waals surface area (Å²) in [7, 11) is 0. The van der Waals surface area contributed by atoms with Crippen LogP contribution in [0, 0.1) is 5.92 Å². The van der Waals surface area contributed by atoms with Crippen LogP contribution in [0.1, 0.15) is 38.2 Å². The minimum absolute atomic E-state index is 0.494. The van der Waals surface area contributed by atoms with Gasteiger partial charge >= 0.3 is 0 Å². The number of hydrogen-bond acceptors (Lipinski definition) is 2. The molecule has 0 radical (unpaired) electrons. The van der Waals surface area contributed by atoms with Crippen molar-refractivity contribution in [1.82, 2.24) is 0 Å². The van der Waals surface area contributed by atoms with Gasteiger partial charge in [-0.1, -0.05) is 38.0 Å². The molecule has 0 aliphatic heterocycles. The molecule has 2 N–H and O–H groups in total. The third-order valence-corrected chi connectivity index (χ3v) is 3.47. The van der Waals surface area contributed by atoms with Crippen molar-refractivity contribution in [2.45, 2.75) is 38.6 Å². The zero-order valence-electron chi connectivity index (χ0n) is 9.89. The fourth-order valence-corrected chi connectivity index (χ4v) is 2.32. The lowest BCUT2D eigenvalue weighted by atomic mass is 9.86. The van der Waals surface area contributed by atoms with Gasteiger partial charge in [-0.25, -0.2) is 0 Å². The van der Waals surface area contributed by atoms with Crippen LogP contribution in [0.5, 0.6) is 0 Å². The lowest BCUT2D eigenvalue weighted by Gasteiger charge is -2.25. The Morgan fingerprint density at radius 3 is 2.75 bits per heavy atom. The van der Waals surface area contributed by atoms with Crippen LogP contribution in [0.15, 0.2) is 29.3 Å². The summed E-state index contributed by atoms with van der Waals surface area (Å²) in [5, 5.41) is 0. The van der Waals surface area contributed by atoms with Crippen LogP contribution in [0.3, 0.4) is 0 Å². The van der Waals surface area contributed by atoms with Gasteiger partial charge in [0, 0.05) is 17.5 Å². The average molecular weight is 216 g/mol. The predicted molar refractivity (Wildman–Crippen MR) is 69.9 cm³/mol. The maximum absolute atomic E-state index is 5.88. The fraction of sp³-hybridized carbons (Fsp3) is 0.500. The van der Waals surface area contributed by atoms with Gasteiger partial charge in [0.2, 0.25) is 0 Å². The quantitative estimate of drug-likeness (QED) is 0.598. The Bertz CT molecular complexity index is 371. The van der Waals surface area contributed by atoms with E-state index in [4.69, 9.17) is 10.7 Å². The number of para-hydroxylation sites is 1. The standard InChI is InChI=1S/C14H20N2/c1-11-6-2-5-9-14(11)16-10-12-7-3-4-8-13(12)15/h3-4,7-8,10-11,14H,2,5-6,9,15H2,1H3. The van der Waals surface area contributed by atoms with Crippen molar-refractivity contribution in [1.29, 1.82) is 0 Å². The van der Waals surface area contributed by atoms with Gasteiger partial charge in [-0.05, 0) is 24.8 Å². The van der Waals surface area contributed by atoms with Crippen molar-refractivity contribution < 1.29 is 0 Å². The zero-order valence-corrected chi connectivity index (χ0v) is 9.89. The second-order valence-corrected chi connectivity index (χ2v) is 4.74. The first-order valence-corrected chi connectivity index (χ1v) is 6.15. The highest BCUT2D eigenvalue weighted by molar-refractivity contribution is 5.86. The van der Waals surface area contributed by atoms with Gasteiger partial charge in [-0.2, -0.15) is 0 Å². The highest BCUT2D eigenvalue weighted by Gasteiger charge is 2.19. The number of nitrogens with zero attached hydrogens (tertiary/aromatic N) is 1. The molecule has 0 spiro atoms. The third-order valence-electron chi connectivity index (χ3n) is 3.47. The van der Waals surface area contributed by atoms with Crippen LogP contribution in [0.4, 0.5) is 5.69 Å². The molecule has 0 amide bonds. The van der Waals surface area contributed by atoms with Crippen molar-refractivity contribution in [3.63, 3.8) is 0 Å². The second kappa shape index (κ2) is 5.15. The number of anilines is 1. The largest absolute Gasteiger partial charge is 0.398 e. The zero-order chi connectivity index (χ0) is 11.4. The molecule has 1 saturated carbocycles. The molecule has 0 aromatic heterocycles. The molecule has 0 heterocycles. The molecule has 0 bridgehead atoms. The minimum Gasteiger partial charge on any atom is -0.398 e. The van der Waals surface area contributed by atoms with Gasteiger partial charge in [-0.3, -0.25) is 4.99 Å². The van der Waals surface area contributed by atoms with Gasteiger partial charge < -0.3 is 5.73 Å². The first-order chi connectivity index (χ1) is 7.77. The first-order valence-electron chi connectivity index (χ1n) is 6.15. The van der Waals surface area contributed by atoms with Crippen molar-refractivity contribution in [2.75, 3.05) is 5.73 Å². The number of benzene rings is 1. The number of nitrogens with two attached hydrogens (primary N) is 1. The van der Waals surface area contributed by atoms with E-state index in [0.717, 1.165) is 17.2 Å². The summed E-state index contributed by atoms with van der Waals surface area (Å²) in [6.07, 6.45) is 7.16. The van der Waals surface area contributed by atoms with Crippen molar-refractivity contribution in [2.24, 2.45) is 10.9 Å². The molecule has 86 valence electrons. The Balaban J connectivity index is 2.06. The molecule has 2 rings (SSSR count). The number of nitrogen functional groups attached to an aromatic ring is 1. The Morgan fingerprint density at radius 2 is 2.00 bits per heavy atom. The highest BCUT2D eigenvalue weighted by Crippen LogP contribution is 2.26. The number of rotatable bonds is 2. The SMILES string of the molecule is CC1CCCCC1N=Cc1ccccc1N. The van der Waals surface area contributed by atoms with Crippen LogP contribution in [-0.4, -0.2) is 12.3 Å². The van der Waals surface area contributed by atoms with Gasteiger partial charge in [0.05, 0.1) is 6.04 Å². The minimum atomic E-state index is 0.494. The Morgan fingerprint density at radius 1 is 1.25 bits per heavy atom. The summed E-state index contributed by atoms with van der Waals surface area (Å²) >= 11 is 0. The van der Waals surface area contributed by atoms with Crippen molar-refractivity contribution >= 4 is 11.9 Å². The smallest absolute Gasteiger partial charge is 0.0525 e. The average Bonchev–Trinajstić information content (AvgIpc) is 2.30. The molecule has 1 aliphatic rings. The Hall–Kier alpha value is -1.31. The molecule has 0 saturated heterocycles. The van der Waals surface area contributed by atoms with Crippen molar-refractivity contribution in [3.8, 4) is 0 Å². The van der Waals surface area contributed by atoms with E-state index in [1.165, 1.54) is 25.7 Å². The maximum atomic E-state index is 5.88. The monoisotopic (exact) mass is 216 g/mol. The topological polar surface area (TPSA) is 38.4 Å². The van der Waals surface area contributed by atoms with E-state index in [0.29, 0.717) is 6.04 Å². The Labute approximate surface area is 97.6 Å². The second-order valence-electron chi connectivity index (χ2n) is 4.74. The molecular weight excluding hydrogens is 196 g/mol. The number of hydrogen-bond donors (Lipinski definition) is 1. The van der Waals surface area contributed by atoms with Crippen LogP contribution >= 0.6 is 0 Å². The van der Waals surface area contributed by atoms with Gasteiger partial charge in [0.1, 0.15) is 0 Å². The first kappa shape index (κ1) is 11.2. The summed E-state index contributed by atoms with van der Waals surface area (Å²) in [6.45, 7) is 2.30. The van der Waals surface area contributed by atoms with Gasteiger partial charge in [-0.15, -0.1) is 0 Å². The molecule has 2 heteroatoms. The molecule has 2 nitrogen and oxygen atoms in total. The van der Waals surface area contributed by atoms with Crippen LogP contribution < -0.4 is 5.73 Å². The summed E-state index contributed by atoms with van der Waals surface area (Å²) in [5.41, 5.74) is 7.74. The van der Waals surface area contributed by atoms with E-state index in [-0.39, 0.29) is 0 Å². The van der Waals surface area contributed by atoms with E-state index in [1.54, 1.807) is 0 Å². The molecule has 1 aromatic rings. The summed E-state index contributed by atoms with van der Waals surface area (Å²) in [6, 6.07) is 8.39. The number of aliphatic imine (C=N–C) groups is 1. The molecule has 2 unspecified atom stereocenters. The molecule has 16 heavy (non-hydrogen) atoms. The lowest BCUT2D eigenvalue weighted by molar-refractivity contribution is 0.333.